The summed E-state index contributed by atoms with van der Waals surface area (Å²) in [6, 6.07) is 23.5. The number of hydrogen-bond donors (Lipinski definition) is 0. The summed E-state index contributed by atoms with van der Waals surface area (Å²) in [4.78, 5) is 6.14. The summed E-state index contributed by atoms with van der Waals surface area (Å²) in [5.74, 6) is 1.36. The molecule has 198 valence electrons. The normalized spacial score (nSPS) is 15.6. The summed E-state index contributed by atoms with van der Waals surface area (Å²) >= 11 is 1.57. The molecule has 0 spiro atoms. The predicted molar refractivity (Wildman–Crippen MR) is 153 cm³/mol. The average Bonchev–Trinajstić information content (AvgIpc) is 3.32. The first-order valence-corrected chi connectivity index (χ1v) is 15.2. The number of rotatable bonds is 7. The number of aromatic nitrogens is 1. The van der Waals surface area contributed by atoms with Gasteiger partial charge < -0.3 is 9.30 Å². The molecule has 0 amide bonds. The lowest BCUT2D eigenvalue weighted by Crippen LogP contribution is -2.37. The molecule has 0 radical (unpaired) electrons. The number of aryl methyl sites for hydroxylation is 1. The van der Waals surface area contributed by atoms with Crippen molar-refractivity contribution in [1.29, 1.82) is 0 Å². The predicted octanol–water partition coefficient (Wildman–Crippen LogP) is 6.23. The fourth-order valence-electron chi connectivity index (χ4n) is 4.62. The van der Waals surface area contributed by atoms with Gasteiger partial charge >= 0.3 is 0 Å². The Balaban J connectivity index is 1.50. The van der Waals surface area contributed by atoms with Crippen LogP contribution in [0.15, 0.2) is 88.1 Å². The molecule has 0 bridgehead atoms. The second-order valence-corrected chi connectivity index (χ2v) is 12.7. The summed E-state index contributed by atoms with van der Waals surface area (Å²) < 4.78 is 35.5. The molecule has 2 heterocycles. The largest absolute Gasteiger partial charge is 0.497 e. The van der Waals surface area contributed by atoms with Crippen molar-refractivity contribution in [3.8, 4) is 17.0 Å². The van der Waals surface area contributed by atoms with Crippen LogP contribution in [0.4, 0.5) is 5.69 Å². The van der Waals surface area contributed by atoms with Crippen molar-refractivity contribution < 1.29 is 13.2 Å². The molecule has 4 aromatic rings. The molecule has 1 aliphatic heterocycles. The molecule has 6 nitrogen and oxygen atoms in total. The number of thiazole rings is 1. The summed E-state index contributed by atoms with van der Waals surface area (Å²) in [6.07, 6.45) is 1.82. The number of piperidine rings is 1. The van der Waals surface area contributed by atoms with Crippen LogP contribution in [0.5, 0.6) is 5.75 Å². The van der Waals surface area contributed by atoms with Crippen LogP contribution >= 0.6 is 11.3 Å². The van der Waals surface area contributed by atoms with Crippen molar-refractivity contribution in [2.45, 2.75) is 38.1 Å². The fourth-order valence-corrected chi connectivity index (χ4v) is 7.02. The summed E-state index contributed by atoms with van der Waals surface area (Å²) in [7, 11) is -1.84. The monoisotopic (exact) mass is 547 g/mol. The lowest BCUT2D eigenvalue weighted by Gasteiger charge is -2.29. The van der Waals surface area contributed by atoms with Gasteiger partial charge in [-0.1, -0.05) is 48.9 Å². The molecular formula is C30H33N3O3S2. The Labute approximate surface area is 228 Å². The van der Waals surface area contributed by atoms with E-state index in [9.17, 15) is 8.42 Å². The Morgan fingerprint density at radius 1 is 0.947 bits per heavy atom. The van der Waals surface area contributed by atoms with Gasteiger partial charge in [0.15, 0.2) is 4.80 Å². The van der Waals surface area contributed by atoms with Crippen molar-refractivity contribution in [2.24, 2.45) is 10.9 Å². The van der Waals surface area contributed by atoms with Crippen LogP contribution in [0.1, 0.15) is 30.9 Å². The third kappa shape index (κ3) is 5.77. The summed E-state index contributed by atoms with van der Waals surface area (Å²) in [5, 5.41) is 2.09. The molecule has 38 heavy (non-hydrogen) atoms. The molecular weight excluding hydrogens is 514 g/mol. The maximum atomic E-state index is 13.2. The van der Waals surface area contributed by atoms with E-state index in [1.165, 1.54) is 11.1 Å². The van der Waals surface area contributed by atoms with E-state index in [0.717, 1.165) is 40.3 Å². The quantitative estimate of drug-likeness (QED) is 0.275. The molecule has 0 N–H and O–H groups in total. The summed E-state index contributed by atoms with van der Waals surface area (Å²) in [6.45, 7) is 6.09. The van der Waals surface area contributed by atoms with E-state index >= 15 is 0 Å². The molecule has 5 rings (SSSR count). The van der Waals surface area contributed by atoms with E-state index in [2.05, 4.69) is 48.1 Å². The zero-order valence-electron chi connectivity index (χ0n) is 22.0. The Kier molecular flexibility index (Phi) is 7.83. The Morgan fingerprint density at radius 3 is 2.24 bits per heavy atom. The van der Waals surface area contributed by atoms with Crippen LogP contribution in [0, 0.1) is 12.8 Å². The number of nitrogens with zero attached hydrogens (tertiary/aromatic N) is 3. The Bertz CT molecular complexity index is 1540. The van der Waals surface area contributed by atoms with Crippen LogP contribution in [0.2, 0.25) is 0 Å². The molecule has 8 heteroatoms. The van der Waals surface area contributed by atoms with Gasteiger partial charge in [0.2, 0.25) is 10.0 Å². The SMILES string of the molecule is COc1ccc(N=c2scc(-c3ccc(S(=O)(=O)N4CCC(C)CC4)cc3)n2Cc2ccc(C)cc2)cc1. The zero-order chi connectivity index (χ0) is 26.7. The number of methoxy groups -OCH3 is 1. The highest BCUT2D eigenvalue weighted by atomic mass is 32.2. The maximum absolute atomic E-state index is 13.2. The molecule has 1 saturated heterocycles. The van der Waals surface area contributed by atoms with Crippen molar-refractivity contribution in [1.82, 2.24) is 8.87 Å². The first-order chi connectivity index (χ1) is 18.3. The van der Waals surface area contributed by atoms with E-state index in [1.54, 1.807) is 34.9 Å². The van der Waals surface area contributed by atoms with Crippen LogP contribution < -0.4 is 9.54 Å². The van der Waals surface area contributed by atoms with Gasteiger partial charge in [-0.25, -0.2) is 13.4 Å². The zero-order valence-corrected chi connectivity index (χ0v) is 23.6. The van der Waals surface area contributed by atoms with Gasteiger partial charge in [-0.3, -0.25) is 0 Å². The number of hydrogen-bond acceptors (Lipinski definition) is 5. The summed E-state index contributed by atoms with van der Waals surface area (Å²) in [5.41, 5.74) is 5.18. The van der Waals surface area contributed by atoms with E-state index in [4.69, 9.17) is 9.73 Å². The highest BCUT2D eigenvalue weighted by Crippen LogP contribution is 2.27. The third-order valence-electron chi connectivity index (χ3n) is 7.09. The molecule has 1 aliphatic rings. The lowest BCUT2D eigenvalue weighted by molar-refractivity contribution is 0.288. The van der Waals surface area contributed by atoms with E-state index < -0.39 is 10.0 Å². The first-order valence-electron chi connectivity index (χ1n) is 12.9. The standard InChI is InChI=1S/C30H33N3O3S2/c1-22-4-6-24(7-5-22)20-33-29(21-37-30(33)31-26-10-12-27(36-3)13-11-26)25-8-14-28(15-9-25)38(34,35)32-18-16-23(2)17-19-32/h4-15,21,23H,16-20H2,1-3H3. The minimum absolute atomic E-state index is 0.347. The van der Waals surface area contributed by atoms with Gasteiger partial charge in [0, 0.05) is 18.5 Å². The highest BCUT2D eigenvalue weighted by molar-refractivity contribution is 7.89. The van der Waals surface area contributed by atoms with Crippen molar-refractivity contribution >= 4 is 27.0 Å². The van der Waals surface area contributed by atoms with Gasteiger partial charge in [-0.05, 0) is 73.2 Å². The molecule has 1 aromatic heterocycles. The molecule has 0 unspecified atom stereocenters. The maximum Gasteiger partial charge on any atom is 0.243 e. The fraction of sp³-hybridized carbons (Fsp3) is 0.300. The van der Waals surface area contributed by atoms with Crippen LogP contribution in [0.3, 0.4) is 0 Å². The minimum Gasteiger partial charge on any atom is -0.497 e. The molecule has 0 saturated carbocycles. The molecule has 3 aromatic carbocycles. The topological polar surface area (TPSA) is 63.9 Å². The van der Waals surface area contributed by atoms with E-state index in [0.29, 0.717) is 30.4 Å². The van der Waals surface area contributed by atoms with Crippen LogP contribution in [0.25, 0.3) is 11.3 Å². The second-order valence-electron chi connectivity index (χ2n) is 9.90. The first kappa shape index (κ1) is 26.4. The lowest BCUT2D eigenvalue weighted by atomic mass is 10.0. The number of sulfonamides is 1. The van der Waals surface area contributed by atoms with Crippen LogP contribution in [-0.2, 0) is 16.6 Å². The van der Waals surface area contributed by atoms with Crippen molar-refractivity contribution in [2.75, 3.05) is 20.2 Å². The van der Waals surface area contributed by atoms with E-state index in [-0.39, 0.29) is 0 Å². The number of ether oxygens (including phenoxy) is 1. The Hall–Kier alpha value is -3.20. The third-order valence-corrected chi connectivity index (χ3v) is 9.86. The van der Waals surface area contributed by atoms with Crippen molar-refractivity contribution in [3.63, 3.8) is 0 Å². The van der Waals surface area contributed by atoms with Gasteiger partial charge in [0.05, 0.1) is 29.9 Å². The van der Waals surface area contributed by atoms with E-state index in [1.807, 2.05) is 36.4 Å². The molecule has 0 aliphatic carbocycles. The smallest absolute Gasteiger partial charge is 0.243 e. The number of benzene rings is 3. The average molecular weight is 548 g/mol. The minimum atomic E-state index is -3.49. The van der Waals surface area contributed by atoms with Crippen molar-refractivity contribution in [3.05, 3.63) is 94.1 Å². The molecule has 0 atom stereocenters. The van der Waals surface area contributed by atoms with Gasteiger partial charge in [-0.2, -0.15) is 4.31 Å². The van der Waals surface area contributed by atoms with Gasteiger partial charge in [-0.15, -0.1) is 11.3 Å². The van der Waals surface area contributed by atoms with Gasteiger partial charge in [0.25, 0.3) is 0 Å². The Morgan fingerprint density at radius 2 is 1.61 bits per heavy atom. The molecule has 1 fully saturated rings. The van der Waals surface area contributed by atoms with Crippen LogP contribution in [-0.4, -0.2) is 37.5 Å². The second kappa shape index (κ2) is 11.3. The van der Waals surface area contributed by atoms with Gasteiger partial charge in [0.1, 0.15) is 5.75 Å². The highest BCUT2D eigenvalue weighted by Gasteiger charge is 2.28.